The van der Waals surface area contributed by atoms with Crippen molar-refractivity contribution in [1.82, 2.24) is 0 Å². The van der Waals surface area contributed by atoms with Crippen LogP contribution >= 0.6 is 0 Å². The summed E-state index contributed by atoms with van der Waals surface area (Å²) in [4.78, 5) is 0. The van der Waals surface area contributed by atoms with Crippen molar-refractivity contribution < 1.29 is 4.58 Å². The van der Waals surface area contributed by atoms with E-state index in [9.17, 15) is 0 Å². The topological polar surface area (TPSA) is 3.01 Å². The predicted octanol–water partition coefficient (Wildman–Crippen LogP) is 2.32. The predicted molar refractivity (Wildman–Crippen MR) is 53.8 cm³/mol. The van der Waals surface area contributed by atoms with Gasteiger partial charge in [0.25, 0.3) is 0 Å². The highest BCUT2D eigenvalue weighted by Gasteiger charge is 2.48. The summed E-state index contributed by atoms with van der Waals surface area (Å²) in [5.74, 6) is 0.750. The van der Waals surface area contributed by atoms with Gasteiger partial charge in [-0.15, -0.1) is 0 Å². The standard InChI is InChI=1S/C11H20N/c1-6-7-9-8-10(12(4)5)11(9,2)3/h6-7,9H,8H2,1-5H3/q+1/b7-6+. The van der Waals surface area contributed by atoms with Crippen LogP contribution < -0.4 is 0 Å². The van der Waals surface area contributed by atoms with Crippen molar-refractivity contribution in [3.63, 3.8) is 0 Å². The van der Waals surface area contributed by atoms with Gasteiger partial charge in [-0.25, -0.2) is 4.58 Å². The summed E-state index contributed by atoms with van der Waals surface area (Å²) in [6, 6.07) is 0. The zero-order chi connectivity index (χ0) is 9.35. The Labute approximate surface area is 75.8 Å². The van der Waals surface area contributed by atoms with Crippen LogP contribution in [0.25, 0.3) is 0 Å². The van der Waals surface area contributed by atoms with Gasteiger partial charge in [0.1, 0.15) is 14.1 Å². The van der Waals surface area contributed by atoms with Crippen LogP contribution in [-0.4, -0.2) is 24.4 Å². The van der Waals surface area contributed by atoms with Crippen LogP contribution in [0.2, 0.25) is 0 Å². The molecule has 68 valence electrons. The molecule has 0 spiro atoms. The molecule has 1 unspecified atom stereocenters. The maximum atomic E-state index is 2.33. The van der Waals surface area contributed by atoms with Gasteiger partial charge in [-0.2, -0.15) is 0 Å². The molecule has 12 heavy (non-hydrogen) atoms. The molecule has 1 saturated carbocycles. The number of nitrogens with zero attached hydrogens (tertiary/aromatic N) is 1. The minimum atomic E-state index is 0.385. The molecule has 0 aromatic rings. The SMILES string of the molecule is C/C=C/C1CC(=[N+](C)C)C1(C)C. The molecule has 0 aromatic carbocycles. The van der Waals surface area contributed by atoms with Gasteiger partial charge in [0.05, 0.1) is 5.41 Å². The molecule has 1 atom stereocenters. The average molecular weight is 166 g/mol. The summed E-state index contributed by atoms with van der Waals surface area (Å²) in [5.41, 5.74) is 1.96. The van der Waals surface area contributed by atoms with E-state index in [4.69, 9.17) is 0 Å². The van der Waals surface area contributed by atoms with Crippen LogP contribution in [-0.2, 0) is 0 Å². The third-order valence-corrected chi connectivity index (χ3v) is 3.05. The first-order chi connectivity index (χ1) is 5.50. The molecule has 1 nitrogen and oxygen atoms in total. The van der Waals surface area contributed by atoms with Crippen LogP contribution in [0.3, 0.4) is 0 Å². The highest BCUT2D eigenvalue weighted by molar-refractivity contribution is 5.92. The van der Waals surface area contributed by atoms with Crippen molar-refractivity contribution in [2.24, 2.45) is 11.3 Å². The molecule has 0 radical (unpaired) electrons. The van der Waals surface area contributed by atoms with Crippen LogP contribution in [0.1, 0.15) is 27.2 Å². The molecule has 0 amide bonds. The van der Waals surface area contributed by atoms with Crippen LogP contribution in [0, 0.1) is 11.3 Å². The van der Waals surface area contributed by atoms with Crippen molar-refractivity contribution in [2.75, 3.05) is 14.1 Å². The lowest BCUT2D eigenvalue weighted by molar-refractivity contribution is -0.473. The van der Waals surface area contributed by atoms with E-state index in [2.05, 4.69) is 51.6 Å². The molecule has 1 aliphatic carbocycles. The Balaban J connectivity index is 2.79. The van der Waals surface area contributed by atoms with Crippen LogP contribution in [0.15, 0.2) is 12.2 Å². The first kappa shape index (κ1) is 9.50. The highest BCUT2D eigenvalue weighted by Crippen LogP contribution is 2.43. The fraction of sp³-hybridized carbons (Fsp3) is 0.727. The highest BCUT2D eigenvalue weighted by atomic mass is 15.0. The van der Waals surface area contributed by atoms with E-state index in [0.29, 0.717) is 5.41 Å². The molecular weight excluding hydrogens is 146 g/mol. The number of hydrogen-bond donors (Lipinski definition) is 0. The Morgan fingerprint density at radius 3 is 2.33 bits per heavy atom. The molecule has 0 heterocycles. The normalized spacial score (nSPS) is 27.4. The molecule has 0 aromatic heterocycles. The summed E-state index contributed by atoms with van der Waals surface area (Å²) in [5, 5.41) is 0. The van der Waals surface area contributed by atoms with E-state index in [1.807, 2.05) is 0 Å². The van der Waals surface area contributed by atoms with Gasteiger partial charge in [0.2, 0.25) is 0 Å². The summed E-state index contributed by atoms with van der Waals surface area (Å²) in [6.45, 7) is 6.76. The fourth-order valence-corrected chi connectivity index (χ4v) is 2.11. The smallest absolute Gasteiger partial charge is 0.158 e. The second kappa shape index (κ2) is 3.04. The lowest BCUT2D eigenvalue weighted by atomic mass is 9.60. The number of rotatable bonds is 1. The van der Waals surface area contributed by atoms with Crippen molar-refractivity contribution in [2.45, 2.75) is 27.2 Å². The zero-order valence-corrected chi connectivity index (χ0v) is 8.89. The second-order valence-electron chi connectivity index (χ2n) is 4.40. The molecule has 1 aliphatic rings. The maximum Gasteiger partial charge on any atom is 0.158 e. The van der Waals surface area contributed by atoms with Gasteiger partial charge < -0.3 is 0 Å². The average Bonchev–Trinajstić information content (AvgIpc) is 1.96. The zero-order valence-electron chi connectivity index (χ0n) is 8.89. The van der Waals surface area contributed by atoms with E-state index < -0.39 is 0 Å². The third kappa shape index (κ3) is 1.33. The van der Waals surface area contributed by atoms with E-state index in [1.54, 1.807) is 5.71 Å². The monoisotopic (exact) mass is 166 g/mol. The molecule has 1 fully saturated rings. The van der Waals surface area contributed by atoms with Crippen molar-refractivity contribution >= 4 is 5.71 Å². The summed E-state index contributed by atoms with van der Waals surface area (Å²) in [6.07, 6.45) is 5.73. The Bertz CT molecular complexity index is 229. The number of hydrogen-bond acceptors (Lipinski definition) is 0. The van der Waals surface area contributed by atoms with Gasteiger partial charge >= 0.3 is 0 Å². The number of allylic oxidation sites excluding steroid dienone is 2. The van der Waals surface area contributed by atoms with Crippen molar-refractivity contribution in [1.29, 1.82) is 0 Å². The van der Waals surface area contributed by atoms with Crippen molar-refractivity contribution in [3.05, 3.63) is 12.2 Å². The van der Waals surface area contributed by atoms with E-state index in [1.165, 1.54) is 6.42 Å². The molecule has 0 N–H and O–H groups in total. The fourth-order valence-electron chi connectivity index (χ4n) is 2.11. The molecule has 1 rings (SSSR count). The van der Waals surface area contributed by atoms with Crippen LogP contribution in [0.4, 0.5) is 0 Å². The first-order valence-corrected chi connectivity index (χ1v) is 4.66. The van der Waals surface area contributed by atoms with Gasteiger partial charge in [-0.1, -0.05) is 12.2 Å². The van der Waals surface area contributed by atoms with E-state index >= 15 is 0 Å². The molecule has 0 saturated heterocycles. The second-order valence-corrected chi connectivity index (χ2v) is 4.40. The molecule has 0 aliphatic heterocycles. The molecular formula is C11H20N+. The van der Waals surface area contributed by atoms with Gasteiger partial charge in [-0.05, 0) is 20.8 Å². The summed E-state index contributed by atoms with van der Waals surface area (Å²) in [7, 11) is 4.28. The Kier molecular flexibility index (Phi) is 2.41. The van der Waals surface area contributed by atoms with E-state index in [-0.39, 0.29) is 0 Å². The lowest BCUT2D eigenvalue weighted by Gasteiger charge is -2.41. The van der Waals surface area contributed by atoms with Crippen LogP contribution in [0.5, 0.6) is 0 Å². The minimum absolute atomic E-state index is 0.385. The van der Waals surface area contributed by atoms with Gasteiger partial charge in [0, 0.05) is 12.3 Å². The van der Waals surface area contributed by atoms with E-state index in [0.717, 1.165) is 5.92 Å². The lowest BCUT2D eigenvalue weighted by Crippen LogP contribution is -2.48. The van der Waals surface area contributed by atoms with Gasteiger partial charge in [-0.3, -0.25) is 0 Å². The third-order valence-electron chi connectivity index (χ3n) is 3.05. The molecule has 0 bridgehead atoms. The Morgan fingerprint density at radius 2 is 2.00 bits per heavy atom. The Hall–Kier alpha value is -0.590. The quantitative estimate of drug-likeness (QED) is 0.415. The Morgan fingerprint density at radius 1 is 1.42 bits per heavy atom. The molecule has 1 heteroatoms. The summed E-state index contributed by atoms with van der Waals surface area (Å²) < 4.78 is 2.26. The van der Waals surface area contributed by atoms with Gasteiger partial charge in [0.15, 0.2) is 5.71 Å². The van der Waals surface area contributed by atoms with Crippen molar-refractivity contribution in [3.8, 4) is 0 Å². The minimum Gasteiger partial charge on any atom is -0.242 e. The maximum absolute atomic E-state index is 2.33. The summed E-state index contributed by atoms with van der Waals surface area (Å²) >= 11 is 0. The first-order valence-electron chi connectivity index (χ1n) is 4.66. The largest absolute Gasteiger partial charge is 0.242 e.